The standard InChI is InChI=1S/C19H23ClN4O2/c1-23-8-4-7-17(23)15-11-16(22-21-15)19(25)24-9-10-26-18(12-24)13-5-2-3-6-14(13)20/h2-3,5-6,11,17-18H,4,7-10,12H2,1H3,(H,21,22). The Morgan fingerprint density at radius 1 is 1.35 bits per heavy atom. The molecule has 2 unspecified atom stereocenters. The number of morpholine rings is 1. The van der Waals surface area contributed by atoms with E-state index >= 15 is 0 Å². The maximum absolute atomic E-state index is 12.9. The second-order valence-corrected chi connectivity index (χ2v) is 7.39. The van der Waals surface area contributed by atoms with Crippen LogP contribution in [-0.4, -0.2) is 59.2 Å². The molecule has 26 heavy (non-hydrogen) atoms. The van der Waals surface area contributed by atoms with Crippen LogP contribution in [-0.2, 0) is 4.74 Å². The minimum Gasteiger partial charge on any atom is -0.370 e. The van der Waals surface area contributed by atoms with E-state index in [-0.39, 0.29) is 12.0 Å². The van der Waals surface area contributed by atoms with Crippen LogP contribution in [0.4, 0.5) is 0 Å². The van der Waals surface area contributed by atoms with Crippen molar-refractivity contribution in [3.63, 3.8) is 0 Å². The minimum absolute atomic E-state index is 0.0616. The fourth-order valence-electron chi connectivity index (χ4n) is 3.84. The van der Waals surface area contributed by atoms with E-state index in [1.54, 1.807) is 4.90 Å². The SMILES string of the molecule is CN1CCCC1c1cc(C(=O)N2CCOC(c3ccccc3Cl)C2)n[nH]1. The first kappa shape index (κ1) is 17.5. The van der Waals surface area contributed by atoms with Gasteiger partial charge in [0.05, 0.1) is 24.9 Å². The third kappa shape index (κ3) is 3.37. The molecule has 2 fully saturated rings. The van der Waals surface area contributed by atoms with Gasteiger partial charge in [-0.3, -0.25) is 14.8 Å². The molecule has 2 aliphatic heterocycles. The van der Waals surface area contributed by atoms with Crippen LogP contribution in [0.1, 0.15) is 46.7 Å². The third-order valence-corrected chi connectivity index (χ3v) is 5.65. The second-order valence-electron chi connectivity index (χ2n) is 6.98. The molecule has 2 saturated heterocycles. The molecule has 3 heterocycles. The number of halogens is 1. The van der Waals surface area contributed by atoms with Crippen LogP contribution in [0.15, 0.2) is 30.3 Å². The number of nitrogens with one attached hydrogen (secondary N) is 1. The van der Waals surface area contributed by atoms with Crippen molar-refractivity contribution in [2.24, 2.45) is 0 Å². The molecule has 0 radical (unpaired) electrons. The summed E-state index contributed by atoms with van der Waals surface area (Å²) in [5.41, 5.74) is 2.41. The summed E-state index contributed by atoms with van der Waals surface area (Å²) in [5.74, 6) is -0.0616. The largest absolute Gasteiger partial charge is 0.370 e. The molecule has 0 saturated carbocycles. The lowest BCUT2D eigenvalue weighted by molar-refractivity contribution is -0.0229. The molecule has 6 nitrogen and oxygen atoms in total. The van der Waals surface area contributed by atoms with E-state index in [4.69, 9.17) is 16.3 Å². The van der Waals surface area contributed by atoms with Gasteiger partial charge in [-0.25, -0.2) is 0 Å². The summed E-state index contributed by atoms with van der Waals surface area (Å²) in [5, 5.41) is 8.00. The number of carbonyl (C=O) groups is 1. The monoisotopic (exact) mass is 374 g/mol. The Balaban J connectivity index is 1.48. The highest BCUT2D eigenvalue weighted by molar-refractivity contribution is 6.31. The number of nitrogens with zero attached hydrogens (tertiary/aromatic N) is 3. The van der Waals surface area contributed by atoms with Gasteiger partial charge in [0.15, 0.2) is 0 Å². The number of rotatable bonds is 3. The first-order chi connectivity index (χ1) is 12.6. The van der Waals surface area contributed by atoms with Crippen molar-refractivity contribution in [1.82, 2.24) is 20.0 Å². The number of likely N-dealkylation sites (tertiary alicyclic amines) is 1. The van der Waals surface area contributed by atoms with E-state index in [0.717, 1.165) is 24.2 Å². The zero-order valence-corrected chi connectivity index (χ0v) is 15.6. The lowest BCUT2D eigenvalue weighted by atomic mass is 10.1. The van der Waals surface area contributed by atoms with Crippen LogP contribution in [0.25, 0.3) is 0 Å². The summed E-state index contributed by atoms with van der Waals surface area (Å²) in [6.07, 6.45) is 2.06. The highest BCUT2D eigenvalue weighted by Gasteiger charge is 2.30. The topological polar surface area (TPSA) is 61.5 Å². The fourth-order valence-corrected chi connectivity index (χ4v) is 4.10. The molecule has 2 aliphatic rings. The molecule has 0 aliphatic carbocycles. The van der Waals surface area contributed by atoms with E-state index in [0.29, 0.717) is 36.5 Å². The predicted molar refractivity (Wildman–Crippen MR) is 99.2 cm³/mol. The Labute approximate surface area is 158 Å². The molecule has 1 aromatic heterocycles. The summed E-state index contributed by atoms with van der Waals surface area (Å²) < 4.78 is 5.85. The van der Waals surface area contributed by atoms with E-state index in [9.17, 15) is 4.79 Å². The van der Waals surface area contributed by atoms with Crippen molar-refractivity contribution >= 4 is 17.5 Å². The van der Waals surface area contributed by atoms with Crippen molar-refractivity contribution in [3.05, 3.63) is 52.3 Å². The van der Waals surface area contributed by atoms with Gasteiger partial charge in [-0.15, -0.1) is 0 Å². The van der Waals surface area contributed by atoms with E-state index < -0.39 is 0 Å². The summed E-state index contributed by atoms with van der Waals surface area (Å²) in [4.78, 5) is 17.0. The van der Waals surface area contributed by atoms with Gasteiger partial charge in [-0.2, -0.15) is 5.10 Å². The zero-order valence-electron chi connectivity index (χ0n) is 14.8. The number of hydrogen-bond acceptors (Lipinski definition) is 4. The van der Waals surface area contributed by atoms with Gasteiger partial charge in [-0.1, -0.05) is 29.8 Å². The molecule has 4 rings (SSSR count). The molecule has 0 spiro atoms. The number of H-pyrrole nitrogens is 1. The summed E-state index contributed by atoms with van der Waals surface area (Å²) in [6.45, 7) is 2.61. The molecule has 7 heteroatoms. The van der Waals surface area contributed by atoms with Crippen molar-refractivity contribution in [2.75, 3.05) is 33.3 Å². The predicted octanol–water partition coefficient (Wildman–Crippen LogP) is 3.04. The van der Waals surface area contributed by atoms with Crippen LogP contribution >= 0.6 is 11.6 Å². The number of benzene rings is 1. The van der Waals surface area contributed by atoms with Gasteiger partial charge in [0.25, 0.3) is 5.91 Å². The van der Waals surface area contributed by atoms with Gasteiger partial charge >= 0.3 is 0 Å². The average Bonchev–Trinajstić information content (AvgIpc) is 3.30. The van der Waals surface area contributed by atoms with Crippen LogP contribution in [0.2, 0.25) is 5.02 Å². The number of amides is 1. The Morgan fingerprint density at radius 3 is 2.96 bits per heavy atom. The third-order valence-electron chi connectivity index (χ3n) is 5.30. The molecular formula is C19H23ClN4O2. The Morgan fingerprint density at radius 2 is 2.19 bits per heavy atom. The molecule has 2 atom stereocenters. The smallest absolute Gasteiger partial charge is 0.274 e. The van der Waals surface area contributed by atoms with Crippen molar-refractivity contribution in [2.45, 2.75) is 25.0 Å². The number of hydrogen-bond donors (Lipinski definition) is 1. The van der Waals surface area contributed by atoms with Crippen molar-refractivity contribution in [1.29, 1.82) is 0 Å². The average molecular weight is 375 g/mol. The molecular weight excluding hydrogens is 352 g/mol. The maximum atomic E-state index is 12.9. The first-order valence-electron chi connectivity index (χ1n) is 9.04. The van der Waals surface area contributed by atoms with Crippen LogP contribution in [0.3, 0.4) is 0 Å². The molecule has 1 amide bonds. The van der Waals surface area contributed by atoms with Crippen molar-refractivity contribution in [3.8, 4) is 0 Å². The van der Waals surface area contributed by atoms with E-state index in [2.05, 4.69) is 22.1 Å². The lowest BCUT2D eigenvalue weighted by Crippen LogP contribution is -2.42. The van der Waals surface area contributed by atoms with E-state index in [1.807, 2.05) is 30.3 Å². The number of carbonyl (C=O) groups excluding carboxylic acids is 1. The first-order valence-corrected chi connectivity index (χ1v) is 9.42. The molecule has 138 valence electrons. The molecule has 0 bridgehead atoms. The van der Waals surface area contributed by atoms with Crippen LogP contribution in [0, 0.1) is 0 Å². The second kappa shape index (κ2) is 7.39. The van der Waals surface area contributed by atoms with Gasteiger partial charge in [0.1, 0.15) is 11.8 Å². The Bertz CT molecular complexity index is 793. The number of ether oxygens (including phenoxy) is 1. The highest BCUT2D eigenvalue weighted by Crippen LogP contribution is 2.31. The molecule has 1 N–H and O–H groups in total. The van der Waals surface area contributed by atoms with Gasteiger partial charge in [-0.05, 0) is 38.6 Å². The summed E-state index contributed by atoms with van der Waals surface area (Å²) in [6, 6.07) is 9.84. The normalized spacial score (nSPS) is 24.2. The zero-order chi connectivity index (χ0) is 18.1. The number of aromatic amines is 1. The minimum atomic E-state index is -0.208. The molecule has 1 aromatic carbocycles. The van der Waals surface area contributed by atoms with Gasteiger partial charge < -0.3 is 9.64 Å². The maximum Gasteiger partial charge on any atom is 0.274 e. The fraction of sp³-hybridized carbons (Fsp3) is 0.474. The van der Waals surface area contributed by atoms with Crippen molar-refractivity contribution < 1.29 is 9.53 Å². The quantitative estimate of drug-likeness (QED) is 0.897. The Hall–Kier alpha value is -1.89. The van der Waals surface area contributed by atoms with Crippen LogP contribution in [0.5, 0.6) is 0 Å². The van der Waals surface area contributed by atoms with Gasteiger partial charge in [0.2, 0.25) is 0 Å². The Kier molecular flexibility index (Phi) is 4.98. The van der Waals surface area contributed by atoms with Gasteiger partial charge in [0, 0.05) is 17.1 Å². The summed E-state index contributed by atoms with van der Waals surface area (Å²) in [7, 11) is 2.11. The highest BCUT2D eigenvalue weighted by atomic mass is 35.5. The molecule has 2 aromatic rings. The number of aromatic nitrogens is 2. The van der Waals surface area contributed by atoms with Crippen LogP contribution < -0.4 is 0 Å². The van der Waals surface area contributed by atoms with E-state index in [1.165, 1.54) is 6.42 Å². The lowest BCUT2D eigenvalue weighted by Gasteiger charge is -2.33. The summed E-state index contributed by atoms with van der Waals surface area (Å²) >= 11 is 6.29.